The Morgan fingerprint density at radius 3 is 2.67 bits per heavy atom. The van der Waals surface area contributed by atoms with Gasteiger partial charge in [0, 0.05) is 23.3 Å². The van der Waals surface area contributed by atoms with Crippen LogP contribution in [0, 0.1) is 6.92 Å². The average molecular weight is 440 g/mol. The SMILES string of the molecule is Cc1cc2c(cc1/C=C1\SC(=Nc3ccc(Cl)cc3)NC1=O)C(C)CC(C)(C)N2C. The molecule has 1 unspecified atom stereocenters. The molecular formula is C24H26ClN3OS. The molecule has 2 heterocycles. The summed E-state index contributed by atoms with van der Waals surface area (Å²) in [5.74, 6) is 0.354. The number of aliphatic imine (C=N–C) groups is 1. The number of fused-ring (bicyclic) bond motifs is 1. The van der Waals surface area contributed by atoms with Crippen LogP contribution in [0.25, 0.3) is 6.08 Å². The number of aryl methyl sites for hydroxylation is 1. The summed E-state index contributed by atoms with van der Waals surface area (Å²) in [5.41, 5.74) is 5.76. The molecule has 0 bridgehead atoms. The predicted molar refractivity (Wildman–Crippen MR) is 129 cm³/mol. The van der Waals surface area contributed by atoms with Gasteiger partial charge < -0.3 is 10.2 Å². The van der Waals surface area contributed by atoms with Gasteiger partial charge in [-0.05, 0) is 104 Å². The molecule has 0 radical (unpaired) electrons. The van der Waals surface area contributed by atoms with Crippen LogP contribution in [0.15, 0.2) is 46.3 Å². The first-order valence-electron chi connectivity index (χ1n) is 10.1. The smallest absolute Gasteiger partial charge is 0.264 e. The zero-order chi connectivity index (χ0) is 21.6. The minimum absolute atomic E-state index is 0.115. The van der Waals surface area contributed by atoms with Crippen LogP contribution >= 0.6 is 23.4 Å². The van der Waals surface area contributed by atoms with Crippen molar-refractivity contribution in [3.8, 4) is 0 Å². The highest BCUT2D eigenvalue weighted by molar-refractivity contribution is 8.18. The Labute approximate surface area is 187 Å². The van der Waals surface area contributed by atoms with E-state index in [2.05, 4.69) is 62.1 Å². The Morgan fingerprint density at radius 2 is 1.97 bits per heavy atom. The molecule has 1 atom stereocenters. The zero-order valence-corrected chi connectivity index (χ0v) is 19.5. The van der Waals surface area contributed by atoms with Gasteiger partial charge in [0.15, 0.2) is 5.17 Å². The van der Waals surface area contributed by atoms with E-state index in [0.717, 1.165) is 23.2 Å². The van der Waals surface area contributed by atoms with Crippen molar-refractivity contribution in [2.75, 3.05) is 11.9 Å². The van der Waals surface area contributed by atoms with Crippen molar-refractivity contribution in [2.45, 2.75) is 45.6 Å². The van der Waals surface area contributed by atoms with E-state index in [1.165, 1.54) is 23.0 Å². The van der Waals surface area contributed by atoms with E-state index in [1.807, 2.05) is 18.2 Å². The van der Waals surface area contributed by atoms with Gasteiger partial charge in [0.25, 0.3) is 5.91 Å². The molecule has 30 heavy (non-hydrogen) atoms. The maximum Gasteiger partial charge on any atom is 0.264 e. The number of nitrogens with zero attached hydrogens (tertiary/aromatic N) is 2. The predicted octanol–water partition coefficient (Wildman–Crippen LogP) is 6.26. The molecule has 2 aromatic carbocycles. The first-order chi connectivity index (χ1) is 14.1. The third-order valence-corrected chi connectivity index (χ3v) is 7.18. The molecule has 4 rings (SSSR count). The molecule has 6 heteroatoms. The number of benzene rings is 2. The summed E-state index contributed by atoms with van der Waals surface area (Å²) in [7, 11) is 2.17. The Kier molecular flexibility index (Phi) is 5.45. The monoisotopic (exact) mass is 439 g/mol. The quantitative estimate of drug-likeness (QED) is 0.561. The highest BCUT2D eigenvalue weighted by Gasteiger charge is 2.34. The van der Waals surface area contributed by atoms with Crippen LogP contribution in [0.4, 0.5) is 11.4 Å². The first-order valence-corrected chi connectivity index (χ1v) is 11.3. The second-order valence-corrected chi connectivity index (χ2v) is 10.2. The molecule has 1 saturated heterocycles. The number of carbonyl (C=O) groups excluding carboxylic acids is 1. The lowest BCUT2D eigenvalue weighted by Gasteiger charge is -2.45. The number of anilines is 1. The van der Waals surface area contributed by atoms with E-state index < -0.39 is 0 Å². The summed E-state index contributed by atoms with van der Waals surface area (Å²) < 4.78 is 0. The van der Waals surface area contributed by atoms with Crippen molar-refractivity contribution >= 4 is 51.9 Å². The van der Waals surface area contributed by atoms with Gasteiger partial charge >= 0.3 is 0 Å². The molecule has 0 aliphatic carbocycles. The number of hydrogen-bond acceptors (Lipinski definition) is 4. The second kappa shape index (κ2) is 7.78. The Morgan fingerprint density at radius 1 is 1.27 bits per heavy atom. The third-order valence-electron chi connectivity index (χ3n) is 6.02. The minimum atomic E-state index is -0.115. The Balaban J connectivity index is 1.64. The van der Waals surface area contributed by atoms with Gasteiger partial charge in [0.05, 0.1) is 10.6 Å². The molecule has 0 saturated carbocycles. The van der Waals surface area contributed by atoms with Gasteiger partial charge in [-0.2, -0.15) is 0 Å². The first kappa shape index (κ1) is 21.0. The van der Waals surface area contributed by atoms with Crippen molar-refractivity contribution < 1.29 is 4.79 Å². The zero-order valence-electron chi connectivity index (χ0n) is 17.9. The van der Waals surface area contributed by atoms with Crippen molar-refractivity contribution in [3.63, 3.8) is 0 Å². The fourth-order valence-electron chi connectivity index (χ4n) is 4.14. The molecule has 2 aromatic rings. The van der Waals surface area contributed by atoms with Crippen molar-refractivity contribution in [1.29, 1.82) is 0 Å². The summed E-state index contributed by atoms with van der Waals surface area (Å²) in [4.78, 5) is 20.1. The van der Waals surface area contributed by atoms with Gasteiger partial charge in [0.1, 0.15) is 0 Å². The highest BCUT2D eigenvalue weighted by atomic mass is 35.5. The van der Waals surface area contributed by atoms with Crippen LogP contribution in [0.2, 0.25) is 5.02 Å². The van der Waals surface area contributed by atoms with Gasteiger partial charge in [0.2, 0.25) is 0 Å². The fraction of sp³-hybridized carbons (Fsp3) is 0.333. The number of hydrogen-bond donors (Lipinski definition) is 1. The molecule has 156 valence electrons. The third kappa shape index (κ3) is 4.01. The number of carbonyl (C=O) groups is 1. The van der Waals surface area contributed by atoms with E-state index in [1.54, 1.807) is 12.1 Å². The summed E-state index contributed by atoms with van der Waals surface area (Å²) in [6.07, 6.45) is 3.08. The van der Waals surface area contributed by atoms with E-state index in [4.69, 9.17) is 11.6 Å². The topological polar surface area (TPSA) is 44.7 Å². The molecule has 2 aliphatic rings. The average Bonchev–Trinajstić information content (AvgIpc) is 3.01. The molecule has 0 aromatic heterocycles. The van der Waals surface area contributed by atoms with Crippen LogP contribution in [0.5, 0.6) is 0 Å². The fourth-order valence-corrected chi connectivity index (χ4v) is 5.10. The van der Waals surface area contributed by atoms with E-state index >= 15 is 0 Å². The van der Waals surface area contributed by atoms with Crippen LogP contribution < -0.4 is 10.2 Å². The number of amidine groups is 1. The van der Waals surface area contributed by atoms with E-state index in [0.29, 0.717) is 21.0 Å². The molecule has 0 spiro atoms. The van der Waals surface area contributed by atoms with Crippen LogP contribution in [-0.4, -0.2) is 23.7 Å². The maximum atomic E-state index is 12.5. The van der Waals surface area contributed by atoms with Gasteiger partial charge in [-0.15, -0.1) is 0 Å². The molecule has 4 nitrogen and oxygen atoms in total. The minimum Gasteiger partial charge on any atom is -0.369 e. The van der Waals surface area contributed by atoms with E-state index in [-0.39, 0.29) is 11.4 Å². The molecule has 2 aliphatic heterocycles. The number of nitrogens with one attached hydrogen (secondary N) is 1. The second-order valence-electron chi connectivity index (χ2n) is 8.70. The largest absolute Gasteiger partial charge is 0.369 e. The standard InChI is InChI=1S/C24H26ClN3OS/c1-14-10-20-19(15(2)13-24(3,4)28(20)5)11-16(14)12-21-22(29)27-23(30-21)26-18-8-6-17(25)7-9-18/h6-12,15H,13H2,1-5H3,(H,26,27,29)/b21-12-. The molecule has 1 amide bonds. The van der Waals surface area contributed by atoms with Crippen molar-refractivity contribution in [1.82, 2.24) is 5.32 Å². The summed E-state index contributed by atoms with van der Waals surface area (Å²) in [6.45, 7) is 8.97. The summed E-state index contributed by atoms with van der Waals surface area (Å²) >= 11 is 7.30. The lowest BCUT2D eigenvalue weighted by atomic mass is 9.79. The van der Waals surface area contributed by atoms with Gasteiger partial charge in [-0.1, -0.05) is 18.5 Å². The van der Waals surface area contributed by atoms with Crippen LogP contribution in [0.1, 0.15) is 49.8 Å². The summed E-state index contributed by atoms with van der Waals surface area (Å²) in [5, 5.41) is 4.10. The normalized spacial score (nSPS) is 23.1. The Hall–Kier alpha value is -2.24. The van der Waals surface area contributed by atoms with Gasteiger partial charge in [-0.25, -0.2) is 4.99 Å². The van der Waals surface area contributed by atoms with Crippen molar-refractivity contribution in [3.05, 3.63) is 63.0 Å². The summed E-state index contributed by atoms with van der Waals surface area (Å²) in [6, 6.07) is 11.7. The lowest BCUT2D eigenvalue weighted by Crippen LogP contribution is -2.45. The number of amides is 1. The van der Waals surface area contributed by atoms with Crippen molar-refractivity contribution in [2.24, 2.45) is 4.99 Å². The molecule has 1 fully saturated rings. The lowest BCUT2D eigenvalue weighted by molar-refractivity contribution is -0.115. The molecular weight excluding hydrogens is 414 g/mol. The number of thioether (sulfide) groups is 1. The van der Waals surface area contributed by atoms with Crippen LogP contribution in [0.3, 0.4) is 0 Å². The van der Waals surface area contributed by atoms with Gasteiger partial charge in [-0.3, -0.25) is 4.79 Å². The number of rotatable bonds is 2. The Bertz CT molecular complexity index is 1070. The highest BCUT2D eigenvalue weighted by Crippen LogP contribution is 2.44. The van der Waals surface area contributed by atoms with E-state index in [9.17, 15) is 4.79 Å². The number of halogens is 1. The maximum absolute atomic E-state index is 12.5. The molecule has 1 N–H and O–H groups in total. The van der Waals surface area contributed by atoms with Crippen LogP contribution in [-0.2, 0) is 4.79 Å².